The summed E-state index contributed by atoms with van der Waals surface area (Å²) in [5.41, 5.74) is 0.332. The van der Waals surface area contributed by atoms with Crippen LogP contribution in [-0.2, 0) is 14.3 Å². The maximum Gasteiger partial charge on any atom is 0.320 e. The number of anilines is 1. The van der Waals surface area contributed by atoms with E-state index in [-0.39, 0.29) is 16.1 Å². The summed E-state index contributed by atoms with van der Waals surface area (Å²) in [7, 11) is 0. The van der Waals surface area contributed by atoms with Crippen LogP contribution in [0, 0.1) is 18.8 Å². The van der Waals surface area contributed by atoms with Crippen molar-refractivity contribution in [3.63, 3.8) is 0 Å². The van der Waals surface area contributed by atoms with E-state index in [0.29, 0.717) is 16.3 Å². The van der Waals surface area contributed by atoms with Gasteiger partial charge in [-0.2, -0.15) is 0 Å². The van der Waals surface area contributed by atoms with E-state index in [0.717, 1.165) is 5.56 Å². The molecule has 3 aromatic carbocycles. The number of ketones is 2. The van der Waals surface area contributed by atoms with E-state index in [1.54, 1.807) is 41.3 Å². The Kier molecular flexibility index (Phi) is 4.72. The molecule has 174 valence electrons. The van der Waals surface area contributed by atoms with Crippen LogP contribution in [0.1, 0.15) is 37.9 Å². The van der Waals surface area contributed by atoms with Crippen LogP contribution in [0.15, 0.2) is 66.7 Å². The van der Waals surface area contributed by atoms with E-state index in [9.17, 15) is 19.2 Å². The number of nitrogens with zero attached hydrogens (tertiary/aromatic N) is 1. The molecular formula is C27H17Cl2NO5. The number of ether oxygens (including phenoxy) is 1. The third kappa shape index (κ3) is 2.78. The highest BCUT2D eigenvalue weighted by Gasteiger charge is 2.76. The van der Waals surface area contributed by atoms with Gasteiger partial charge >= 0.3 is 11.9 Å². The normalized spacial score (nSPS) is 24.2. The van der Waals surface area contributed by atoms with Crippen molar-refractivity contribution in [2.75, 3.05) is 4.90 Å². The summed E-state index contributed by atoms with van der Waals surface area (Å²) in [4.78, 5) is 56.2. The maximum absolute atomic E-state index is 14.2. The molecule has 0 N–H and O–H groups in total. The number of hydrogen-bond acceptors (Lipinski definition) is 6. The van der Waals surface area contributed by atoms with Crippen molar-refractivity contribution in [2.24, 2.45) is 11.8 Å². The molecule has 0 radical (unpaired) electrons. The first-order valence-corrected chi connectivity index (χ1v) is 11.8. The van der Waals surface area contributed by atoms with Crippen molar-refractivity contribution < 1.29 is 23.9 Å². The number of carbonyl (C=O) groups excluding carboxylic acids is 4. The van der Waals surface area contributed by atoms with Gasteiger partial charge in [-0.05, 0) is 30.7 Å². The lowest BCUT2D eigenvalue weighted by Crippen LogP contribution is -2.59. The number of hydrogen-bond donors (Lipinski definition) is 0. The van der Waals surface area contributed by atoms with Gasteiger partial charge in [0.05, 0.1) is 22.7 Å². The first-order valence-electron chi connectivity index (χ1n) is 11.0. The minimum Gasteiger partial charge on any atom is -0.393 e. The Labute approximate surface area is 210 Å². The van der Waals surface area contributed by atoms with Crippen LogP contribution in [0.25, 0.3) is 0 Å². The highest BCUT2D eigenvalue weighted by Crippen LogP contribution is 2.60. The number of halogens is 2. The zero-order chi connectivity index (χ0) is 24.6. The minimum absolute atomic E-state index is 0.186. The lowest BCUT2D eigenvalue weighted by Gasteiger charge is -2.40. The zero-order valence-corrected chi connectivity index (χ0v) is 19.8. The summed E-state index contributed by atoms with van der Waals surface area (Å²) >= 11 is 12.8. The van der Waals surface area contributed by atoms with Gasteiger partial charge in [0.1, 0.15) is 5.92 Å². The lowest BCUT2D eigenvalue weighted by molar-refractivity contribution is -0.154. The average molecular weight is 506 g/mol. The number of Topliss-reactive ketones (excluding diaryl/α,β-unsaturated/α-hetero) is 2. The fraction of sp³-hybridized carbons (Fsp3) is 0.185. The van der Waals surface area contributed by atoms with Gasteiger partial charge in [0.2, 0.25) is 0 Å². The fourth-order valence-corrected chi connectivity index (χ4v) is 6.31. The van der Waals surface area contributed by atoms with E-state index in [2.05, 4.69) is 0 Å². The quantitative estimate of drug-likeness (QED) is 0.360. The molecule has 0 amide bonds. The van der Waals surface area contributed by atoms with Gasteiger partial charge in [-0.25, -0.2) is 0 Å². The van der Waals surface area contributed by atoms with E-state index >= 15 is 0 Å². The topological polar surface area (TPSA) is 80.8 Å². The molecule has 3 aromatic rings. The van der Waals surface area contributed by atoms with Crippen molar-refractivity contribution in [1.29, 1.82) is 0 Å². The molecule has 1 aliphatic carbocycles. The summed E-state index contributed by atoms with van der Waals surface area (Å²) in [6, 6.07) is 17.6. The molecule has 3 aliphatic rings. The number of rotatable bonds is 2. The number of benzene rings is 3. The Morgan fingerprint density at radius 2 is 1.46 bits per heavy atom. The standard InChI is InChI=1S/C27H17Cl2NO5/c1-13-6-8-14(9-7-13)22-20-21(26(34)35-25(20)33)27(30(22)19-11-10-15(28)12-18(19)29)23(31)16-4-2-3-5-17(16)24(27)32/h2-12,20-22H,1H3/t20-,21+,22+/m0/s1. The van der Waals surface area contributed by atoms with Crippen LogP contribution in [0.2, 0.25) is 10.0 Å². The van der Waals surface area contributed by atoms with E-state index in [1.165, 1.54) is 6.07 Å². The Morgan fingerprint density at radius 3 is 2.06 bits per heavy atom. The molecular weight excluding hydrogens is 489 g/mol. The number of aryl methyl sites for hydroxylation is 1. The van der Waals surface area contributed by atoms with Crippen LogP contribution in [0.3, 0.4) is 0 Å². The van der Waals surface area contributed by atoms with Crippen molar-refractivity contribution in [3.05, 3.63) is 99.0 Å². The molecule has 0 bridgehead atoms. The number of fused-ring (bicyclic) bond motifs is 3. The molecule has 35 heavy (non-hydrogen) atoms. The lowest BCUT2D eigenvalue weighted by atomic mass is 9.76. The summed E-state index contributed by atoms with van der Waals surface area (Å²) in [5.74, 6) is -5.19. The van der Waals surface area contributed by atoms with Gasteiger partial charge in [-0.3, -0.25) is 19.2 Å². The molecule has 3 atom stereocenters. The Hall–Kier alpha value is -3.48. The largest absolute Gasteiger partial charge is 0.393 e. The molecule has 1 spiro atoms. The Balaban J connectivity index is 1.70. The van der Waals surface area contributed by atoms with Crippen LogP contribution in [0.5, 0.6) is 0 Å². The minimum atomic E-state index is -2.02. The van der Waals surface area contributed by atoms with E-state index in [4.69, 9.17) is 27.9 Å². The summed E-state index contributed by atoms with van der Waals surface area (Å²) in [6.45, 7) is 1.92. The number of carbonyl (C=O) groups is 4. The number of esters is 2. The van der Waals surface area contributed by atoms with Crippen molar-refractivity contribution in [3.8, 4) is 0 Å². The molecule has 0 aromatic heterocycles. The molecule has 2 saturated heterocycles. The second-order valence-electron chi connectivity index (χ2n) is 9.04. The first kappa shape index (κ1) is 22.0. The van der Waals surface area contributed by atoms with E-state index < -0.39 is 46.9 Å². The van der Waals surface area contributed by atoms with Crippen LogP contribution in [0.4, 0.5) is 5.69 Å². The van der Waals surface area contributed by atoms with E-state index in [1.807, 2.05) is 31.2 Å². The maximum atomic E-state index is 14.2. The third-order valence-electron chi connectivity index (χ3n) is 7.23. The molecule has 0 unspecified atom stereocenters. The van der Waals surface area contributed by atoms with Gasteiger partial charge < -0.3 is 9.64 Å². The molecule has 0 saturated carbocycles. The van der Waals surface area contributed by atoms with Crippen LogP contribution >= 0.6 is 23.2 Å². The zero-order valence-electron chi connectivity index (χ0n) is 18.3. The van der Waals surface area contributed by atoms with Gasteiger partial charge in [-0.1, -0.05) is 77.3 Å². The fourth-order valence-electron chi connectivity index (χ4n) is 5.82. The summed E-state index contributed by atoms with van der Waals surface area (Å²) < 4.78 is 5.06. The highest BCUT2D eigenvalue weighted by atomic mass is 35.5. The first-order chi connectivity index (χ1) is 16.8. The van der Waals surface area contributed by atoms with Gasteiger partial charge in [-0.15, -0.1) is 0 Å². The third-order valence-corrected chi connectivity index (χ3v) is 7.77. The molecule has 6 nitrogen and oxygen atoms in total. The molecule has 8 heteroatoms. The predicted octanol–water partition coefficient (Wildman–Crippen LogP) is 5.00. The predicted molar refractivity (Wildman–Crippen MR) is 129 cm³/mol. The van der Waals surface area contributed by atoms with Gasteiger partial charge in [0.25, 0.3) is 0 Å². The second kappa shape index (κ2) is 7.51. The van der Waals surface area contributed by atoms with Crippen molar-refractivity contribution in [2.45, 2.75) is 18.5 Å². The van der Waals surface area contributed by atoms with Crippen molar-refractivity contribution in [1.82, 2.24) is 0 Å². The Morgan fingerprint density at radius 1 is 0.829 bits per heavy atom. The average Bonchev–Trinajstić information content (AvgIpc) is 3.39. The summed E-state index contributed by atoms with van der Waals surface area (Å²) in [6.07, 6.45) is 0. The highest BCUT2D eigenvalue weighted by molar-refractivity contribution is 6.39. The van der Waals surface area contributed by atoms with Gasteiger partial charge in [0.15, 0.2) is 17.1 Å². The monoisotopic (exact) mass is 505 g/mol. The molecule has 6 rings (SSSR count). The second-order valence-corrected chi connectivity index (χ2v) is 9.88. The van der Waals surface area contributed by atoms with Crippen molar-refractivity contribution >= 4 is 52.4 Å². The summed E-state index contributed by atoms with van der Waals surface area (Å²) in [5, 5.41) is 0.549. The molecule has 2 heterocycles. The number of cyclic esters (lactones) is 2. The SMILES string of the molecule is Cc1ccc([C@@H]2[C@H]3C(=O)OC(=O)[C@@H]3C3(C(=O)c4ccccc4C3=O)N2c2ccc(Cl)cc2Cl)cc1. The van der Waals surface area contributed by atoms with Gasteiger partial charge in [0, 0.05) is 16.1 Å². The Bertz CT molecular complexity index is 1430. The van der Waals surface area contributed by atoms with Crippen LogP contribution < -0.4 is 4.90 Å². The smallest absolute Gasteiger partial charge is 0.320 e. The molecule has 2 aliphatic heterocycles. The molecule has 2 fully saturated rings. The van der Waals surface area contributed by atoms with Crippen LogP contribution in [-0.4, -0.2) is 29.0 Å².